The highest BCUT2D eigenvalue weighted by Gasteiger charge is 2.02. The van der Waals surface area contributed by atoms with Gasteiger partial charge in [0, 0.05) is 6.07 Å². The molecule has 102 valence electrons. The fraction of sp³-hybridized carbons (Fsp3) is 0.0667. The zero-order valence-corrected chi connectivity index (χ0v) is 11.0. The number of nitrogens with zero attached hydrogens (tertiary/aromatic N) is 5. The van der Waals surface area contributed by atoms with Crippen LogP contribution in [0.1, 0.15) is 11.1 Å². The number of ether oxygens (including phenoxy) is 1. The summed E-state index contributed by atoms with van der Waals surface area (Å²) in [6.07, 6.45) is 1.52. The van der Waals surface area contributed by atoms with E-state index >= 15 is 0 Å². The van der Waals surface area contributed by atoms with Crippen LogP contribution in [0.4, 0.5) is 0 Å². The minimum Gasteiger partial charge on any atom is -0.489 e. The minimum atomic E-state index is 0.397. The number of aromatic nitrogens is 4. The van der Waals surface area contributed by atoms with Crippen molar-refractivity contribution in [3.63, 3.8) is 0 Å². The first-order chi connectivity index (χ1) is 10.3. The second kappa shape index (κ2) is 5.84. The van der Waals surface area contributed by atoms with E-state index < -0.39 is 0 Å². The number of benzene rings is 2. The highest BCUT2D eigenvalue weighted by Crippen LogP contribution is 2.17. The molecule has 0 radical (unpaired) electrons. The Balaban J connectivity index is 1.73. The predicted molar refractivity (Wildman–Crippen MR) is 74.6 cm³/mol. The molecule has 0 fully saturated rings. The Kier molecular flexibility index (Phi) is 3.56. The minimum absolute atomic E-state index is 0.397. The number of rotatable bonds is 4. The summed E-state index contributed by atoms with van der Waals surface area (Å²) in [6.45, 7) is 0.397. The molecule has 0 unspecified atom stereocenters. The second-order valence-corrected chi connectivity index (χ2v) is 4.35. The molecule has 0 N–H and O–H groups in total. The molecule has 0 saturated carbocycles. The third-order valence-corrected chi connectivity index (χ3v) is 2.89. The second-order valence-electron chi connectivity index (χ2n) is 4.35. The van der Waals surface area contributed by atoms with Crippen LogP contribution < -0.4 is 4.74 Å². The molecule has 1 aromatic heterocycles. The van der Waals surface area contributed by atoms with E-state index in [-0.39, 0.29) is 0 Å². The molecule has 0 bridgehead atoms. The van der Waals surface area contributed by atoms with Crippen molar-refractivity contribution in [2.24, 2.45) is 0 Å². The third kappa shape index (κ3) is 3.04. The molecule has 0 saturated heterocycles. The average molecular weight is 277 g/mol. The van der Waals surface area contributed by atoms with Gasteiger partial charge < -0.3 is 4.74 Å². The third-order valence-electron chi connectivity index (χ3n) is 2.89. The molecule has 0 spiro atoms. The van der Waals surface area contributed by atoms with Gasteiger partial charge in [-0.05, 0) is 40.3 Å². The van der Waals surface area contributed by atoms with Crippen LogP contribution in [0.15, 0.2) is 54.9 Å². The Labute approximate surface area is 121 Å². The molecule has 1 heterocycles. The largest absolute Gasteiger partial charge is 0.489 e. The van der Waals surface area contributed by atoms with Gasteiger partial charge in [-0.15, -0.1) is 5.10 Å². The number of tetrazole rings is 1. The summed E-state index contributed by atoms with van der Waals surface area (Å²) in [7, 11) is 0. The summed E-state index contributed by atoms with van der Waals surface area (Å²) in [5, 5.41) is 19.9. The maximum absolute atomic E-state index is 8.88. The van der Waals surface area contributed by atoms with Gasteiger partial charge in [-0.1, -0.05) is 18.2 Å². The molecule has 0 atom stereocenters. The molecule has 0 aliphatic rings. The molecule has 6 heteroatoms. The monoisotopic (exact) mass is 277 g/mol. The summed E-state index contributed by atoms with van der Waals surface area (Å²) < 4.78 is 7.30. The van der Waals surface area contributed by atoms with Crippen molar-refractivity contribution in [2.75, 3.05) is 0 Å². The summed E-state index contributed by atoms with van der Waals surface area (Å²) in [6, 6.07) is 16.9. The molecule has 0 aliphatic carbocycles. The van der Waals surface area contributed by atoms with E-state index in [1.807, 2.05) is 42.5 Å². The van der Waals surface area contributed by atoms with Crippen LogP contribution in [0.5, 0.6) is 5.75 Å². The molecule has 3 rings (SSSR count). The standard InChI is InChI=1S/C15H11N5O/c16-9-12-3-1-4-13(7-12)10-21-15-6-2-5-14(8-15)20-11-17-18-19-20/h1-8,11H,10H2. The van der Waals surface area contributed by atoms with Gasteiger partial charge in [-0.3, -0.25) is 0 Å². The smallest absolute Gasteiger partial charge is 0.143 e. The highest BCUT2D eigenvalue weighted by atomic mass is 16.5. The van der Waals surface area contributed by atoms with Crippen LogP contribution in [0.25, 0.3) is 5.69 Å². The van der Waals surface area contributed by atoms with Crippen LogP contribution in [0, 0.1) is 11.3 Å². The molecule has 0 aliphatic heterocycles. The lowest BCUT2D eigenvalue weighted by molar-refractivity contribution is 0.306. The fourth-order valence-corrected chi connectivity index (χ4v) is 1.89. The van der Waals surface area contributed by atoms with Crippen molar-refractivity contribution in [1.82, 2.24) is 20.2 Å². The van der Waals surface area contributed by atoms with Crippen LogP contribution in [0.2, 0.25) is 0 Å². The number of hydrogen-bond acceptors (Lipinski definition) is 5. The van der Waals surface area contributed by atoms with Crippen LogP contribution >= 0.6 is 0 Å². The number of hydrogen-bond donors (Lipinski definition) is 0. The predicted octanol–water partition coefficient (Wildman–Crippen LogP) is 2.11. The van der Waals surface area contributed by atoms with E-state index in [4.69, 9.17) is 10.00 Å². The SMILES string of the molecule is N#Cc1cccc(COc2cccc(-n3cnnn3)c2)c1. The van der Waals surface area contributed by atoms with Gasteiger partial charge in [0.2, 0.25) is 0 Å². The maximum atomic E-state index is 8.88. The Bertz CT molecular complexity index is 777. The summed E-state index contributed by atoms with van der Waals surface area (Å²) >= 11 is 0. The Morgan fingerprint density at radius 1 is 1.14 bits per heavy atom. The van der Waals surface area contributed by atoms with E-state index in [0.717, 1.165) is 11.3 Å². The summed E-state index contributed by atoms with van der Waals surface area (Å²) in [5.74, 6) is 0.713. The lowest BCUT2D eigenvalue weighted by Gasteiger charge is -2.08. The van der Waals surface area contributed by atoms with Crippen molar-refractivity contribution < 1.29 is 4.74 Å². The average Bonchev–Trinajstić information content (AvgIpc) is 3.08. The summed E-state index contributed by atoms with van der Waals surface area (Å²) in [5.41, 5.74) is 2.39. The lowest BCUT2D eigenvalue weighted by atomic mass is 10.1. The van der Waals surface area contributed by atoms with E-state index in [1.165, 1.54) is 6.33 Å². The molecular formula is C15H11N5O. The molecule has 6 nitrogen and oxygen atoms in total. The van der Waals surface area contributed by atoms with Gasteiger partial charge in [-0.25, -0.2) is 4.68 Å². The lowest BCUT2D eigenvalue weighted by Crippen LogP contribution is -1.98. The van der Waals surface area contributed by atoms with Gasteiger partial charge in [0.15, 0.2) is 0 Å². The highest BCUT2D eigenvalue weighted by molar-refractivity contribution is 5.38. The molecule has 2 aromatic carbocycles. The van der Waals surface area contributed by atoms with Gasteiger partial charge in [0.05, 0.1) is 17.3 Å². The first-order valence-electron chi connectivity index (χ1n) is 6.30. The first kappa shape index (κ1) is 12.8. The fourth-order valence-electron chi connectivity index (χ4n) is 1.89. The molecule has 0 amide bonds. The van der Waals surface area contributed by atoms with Gasteiger partial charge in [-0.2, -0.15) is 5.26 Å². The zero-order chi connectivity index (χ0) is 14.5. The quantitative estimate of drug-likeness (QED) is 0.730. The molecular weight excluding hydrogens is 266 g/mol. The van der Waals surface area contributed by atoms with Crippen molar-refractivity contribution in [2.45, 2.75) is 6.61 Å². The van der Waals surface area contributed by atoms with Crippen molar-refractivity contribution in [3.8, 4) is 17.5 Å². The number of nitriles is 1. The van der Waals surface area contributed by atoms with Gasteiger partial charge >= 0.3 is 0 Å². The van der Waals surface area contributed by atoms with Gasteiger partial charge in [0.1, 0.15) is 18.7 Å². The van der Waals surface area contributed by atoms with Crippen LogP contribution in [-0.2, 0) is 6.61 Å². The topological polar surface area (TPSA) is 76.6 Å². The Morgan fingerprint density at radius 2 is 2.05 bits per heavy atom. The molecule has 3 aromatic rings. The normalized spacial score (nSPS) is 10.0. The summed E-state index contributed by atoms with van der Waals surface area (Å²) in [4.78, 5) is 0. The maximum Gasteiger partial charge on any atom is 0.143 e. The van der Waals surface area contributed by atoms with Gasteiger partial charge in [0.25, 0.3) is 0 Å². The Hall–Kier alpha value is -3.20. The van der Waals surface area contributed by atoms with Crippen molar-refractivity contribution >= 4 is 0 Å². The van der Waals surface area contributed by atoms with E-state index in [9.17, 15) is 0 Å². The van der Waals surface area contributed by atoms with E-state index in [1.54, 1.807) is 10.7 Å². The van der Waals surface area contributed by atoms with Crippen LogP contribution in [-0.4, -0.2) is 20.2 Å². The van der Waals surface area contributed by atoms with Crippen molar-refractivity contribution in [1.29, 1.82) is 5.26 Å². The first-order valence-corrected chi connectivity index (χ1v) is 6.30. The Morgan fingerprint density at radius 3 is 2.86 bits per heavy atom. The van der Waals surface area contributed by atoms with E-state index in [0.29, 0.717) is 17.9 Å². The zero-order valence-electron chi connectivity index (χ0n) is 11.0. The van der Waals surface area contributed by atoms with E-state index in [2.05, 4.69) is 21.6 Å². The van der Waals surface area contributed by atoms with Crippen LogP contribution in [0.3, 0.4) is 0 Å². The van der Waals surface area contributed by atoms with Crippen molar-refractivity contribution in [3.05, 3.63) is 66.0 Å². The molecule has 21 heavy (non-hydrogen) atoms.